The number of nitrogens with zero attached hydrogens (tertiary/aromatic N) is 1. The van der Waals surface area contributed by atoms with Crippen LogP contribution in [0.25, 0.3) is 0 Å². The van der Waals surface area contributed by atoms with Crippen molar-refractivity contribution in [1.29, 1.82) is 0 Å². The molecule has 2 nitrogen and oxygen atoms in total. The van der Waals surface area contributed by atoms with E-state index in [1.165, 1.54) is 51.7 Å². The van der Waals surface area contributed by atoms with Gasteiger partial charge in [-0.2, -0.15) is 0 Å². The van der Waals surface area contributed by atoms with E-state index in [4.69, 9.17) is 0 Å². The fourth-order valence-electron chi connectivity index (χ4n) is 4.42. The zero-order valence-corrected chi connectivity index (χ0v) is 15.1. The van der Waals surface area contributed by atoms with Crippen LogP contribution in [0.2, 0.25) is 0 Å². The highest BCUT2D eigenvalue weighted by atomic mass is 15.2. The van der Waals surface area contributed by atoms with Crippen LogP contribution in [0.3, 0.4) is 0 Å². The van der Waals surface area contributed by atoms with E-state index in [2.05, 4.69) is 44.8 Å². The summed E-state index contributed by atoms with van der Waals surface area (Å²) >= 11 is 0. The first-order valence-corrected chi connectivity index (χ1v) is 9.50. The van der Waals surface area contributed by atoms with E-state index in [0.717, 1.165) is 35.8 Å². The summed E-state index contributed by atoms with van der Waals surface area (Å²) in [5.41, 5.74) is 0. The fraction of sp³-hybridized carbons (Fsp3) is 1.00. The van der Waals surface area contributed by atoms with Crippen molar-refractivity contribution in [3.05, 3.63) is 0 Å². The molecule has 1 saturated heterocycles. The predicted octanol–water partition coefficient (Wildman–Crippen LogP) is 4.16. The maximum Gasteiger partial charge on any atom is 0.0252 e. The third-order valence-corrected chi connectivity index (χ3v) is 6.12. The van der Waals surface area contributed by atoms with Crippen LogP contribution in [0.1, 0.15) is 66.7 Å². The monoisotopic (exact) mass is 294 g/mol. The van der Waals surface area contributed by atoms with Gasteiger partial charge in [0.05, 0.1) is 0 Å². The maximum absolute atomic E-state index is 3.86. The number of nitrogens with one attached hydrogen (secondary N) is 1. The van der Waals surface area contributed by atoms with Gasteiger partial charge in [-0.3, -0.25) is 4.90 Å². The summed E-state index contributed by atoms with van der Waals surface area (Å²) in [6.07, 6.45) is 6.91. The Morgan fingerprint density at radius 3 is 2.29 bits per heavy atom. The second-order valence-corrected chi connectivity index (χ2v) is 8.23. The molecule has 2 heteroatoms. The third-order valence-electron chi connectivity index (χ3n) is 6.12. The van der Waals surface area contributed by atoms with E-state index in [1.807, 2.05) is 0 Å². The molecule has 4 atom stereocenters. The highest BCUT2D eigenvalue weighted by Gasteiger charge is 2.38. The van der Waals surface area contributed by atoms with Gasteiger partial charge in [0, 0.05) is 18.6 Å². The van der Waals surface area contributed by atoms with E-state index >= 15 is 0 Å². The molecule has 0 aromatic carbocycles. The average molecular weight is 295 g/mol. The first-order chi connectivity index (χ1) is 10.0. The van der Waals surface area contributed by atoms with Crippen LogP contribution < -0.4 is 5.32 Å². The van der Waals surface area contributed by atoms with Crippen LogP contribution in [0.4, 0.5) is 0 Å². The molecule has 124 valence electrons. The average Bonchev–Trinajstić information content (AvgIpc) is 2.94. The largest absolute Gasteiger partial charge is 0.312 e. The summed E-state index contributed by atoms with van der Waals surface area (Å²) in [5, 5.41) is 3.86. The molecule has 0 amide bonds. The van der Waals surface area contributed by atoms with Crippen LogP contribution in [-0.4, -0.2) is 36.6 Å². The Bertz CT molecular complexity index is 300. The van der Waals surface area contributed by atoms with Crippen molar-refractivity contribution in [1.82, 2.24) is 10.2 Å². The van der Waals surface area contributed by atoms with Gasteiger partial charge in [0.1, 0.15) is 0 Å². The second-order valence-electron chi connectivity index (χ2n) is 8.23. The summed E-state index contributed by atoms with van der Waals surface area (Å²) in [6.45, 7) is 15.8. The molecule has 0 bridgehead atoms. The minimum Gasteiger partial charge on any atom is -0.312 e. The number of hydrogen-bond donors (Lipinski definition) is 1. The Morgan fingerprint density at radius 2 is 1.71 bits per heavy atom. The SMILES string of the molecule is CCCNC1CCC(C(C)C)CC1N1CCC(C(C)C)C1. The maximum atomic E-state index is 3.86. The predicted molar refractivity (Wildman–Crippen MR) is 92.6 cm³/mol. The lowest BCUT2D eigenvalue weighted by molar-refractivity contribution is 0.0964. The molecule has 2 aliphatic rings. The van der Waals surface area contributed by atoms with Gasteiger partial charge in [-0.1, -0.05) is 34.6 Å². The molecule has 2 rings (SSSR count). The molecule has 1 heterocycles. The standard InChI is InChI=1S/C19H38N2/c1-6-10-20-18-8-7-16(14(2)3)12-19(18)21-11-9-17(13-21)15(4)5/h14-20H,6-13H2,1-5H3. The Hall–Kier alpha value is -0.0800. The highest BCUT2D eigenvalue weighted by molar-refractivity contribution is 4.94. The van der Waals surface area contributed by atoms with E-state index in [-0.39, 0.29) is 0 Å². The highest BCUT2D eigenvalue weighted by Crippen LogP contribution is 2.36. The normalized spacial score (nSPS) is 35.0. The summed E-state index contributed by atoms with van der Waals surface area (Å²) in [4.78, 5) is 2.84. The van der Waals surface area contributed by atoms with Crippen molar-refractivity contribution >= 4 is 0 Å². The molecule has 0 aromatic heterocycles. The summed E-state index contributed by atoms with van der Waals surface area (Å²) < 4.78 is 0. The second kappa shape index (κ2) is 7.97. The molecule has 1 aliphatic heterocycles. The van der Waals surface area contributed by atoms with E-state index in [9.17, 15) is 0 Å². The molecule has 1 N–H and O–H groups in total. The molecule has 0 radical (unpaired) electrons. The molecule has 4 unspecified atom stereocenters. The first-order valence-electron chi connectivity index (χ1n) is 9.50. The van der Waals surface area contributed by atoms with Crippen molar-refractivity contribution in [2.75, 3.05) is 19.6 Å². The number of likely N-dealkylation sites (tertiary alicyclic amines) is 1. The molecule has 1 aliphatic carbocycles. The quantitative estimate of drug-likeness (QED) is 0.791. The Balaban J connectivity index is 1.99. The number of rotatable bonds is 6. The smallest absolute Gasteiger partial charge is 0.0252 e. The molecule has 0 aromatic rings. The molecule has 1 saturated carbocycles. The zero-order chi connectivity index (χ0) is 15.4. The van der Waals surface area contributed by atoms with Gasteiger partial charge in [-0.15, -0.1) is 0 Å². The third kappa shape index (κ3) is 4.45. The molecular weight excluding hydrogens is 256 g/mol. The van der Waals surface area contributed by atoms with Gasteiger partial charge in [0.2, 0.25) is 0 Å². The Kier molecular flexibility index (Phi) is 6.55. The summed E-state index contributed by atoms with van der Waals surface area (Å²) in [6, 6.07) is 1.53. The zero-order valence-electron chi connectivity index (χ0n) is 15.1. The molecule has 2 fully saturated rings. The fourth-order valence-corrected chi connectivity index (χ4v) is 4.42. The van der Waals surface area contributed by atoms with E-state index < -0.39 is 0 Å². The summed E-state index contributed by atoms with van der Waals surface area (Å²) in [5.74, 6) is 3.56. The molecular formula is C19H38N2. The van der Waals surface area contributed by atoms with Crippen molar-refractivity contribution in [2.24, 2.45) is 23.7 Å². The van der Waals surface area contributed by atoms with Crippen LogP contribution >= 0.6 is 0 Å². The van der Waals surface area contributed by atoms with Gasteiger partial charge in [0.15, 0.2) is 0 Å². The molecule has 21 heavy (non-hydrogen) atoms. The van der Waals surface area contributed by atoms with Crippen LogP contribution in [0.5, 0.6) is 0 Å². The first kappa shape index (κ1) is 17.3. The lowest BCUT2D eigenvalue weighted by Crippen LogP contribution is -2.53. The van der Waals surface area contributed by atoms with Gasteiger partial charge < -0.3 is 5.32 Å². The van der Waals surface area contributed by atoms with Crippen molar-refractivity contribution < 1.29 is 0 Å². The van der Waals surface area contributed by atoms with Gasteiger partial charge in [0.25, 0.3) is 0 Å². The van der Waals surface area contributed by atoms with Crippen molar-refractivity contribution in [3.63, 3.8) is 0 Å². The van der Waals surface area contributed by atoms with Crippen LogP contribution in [0.15, 0.2) is 0 Å². The van der Waals surface area contributed by atoms with Crippen molar-refractivity contribution in [3.8, 4) is 0 Å². The van der Waals surface area contributed by atoms with Crippen molar-refractivity contribution in [2.45, 2.75) is 78.8 Å². The van der Waals surface area contributed by atoms with E-state index in [0.29, 0.717) is 0 Å². The van der Waals surface area contributed by atoms with Gasteiger partial charge in [-0.25, -0.2) is 0 Å². The Morgan fingerprint density at radius 1 is 1.00 bits per heavy atom. The minimum absolute atomic E-state index is 0.742. The molecule has 0 spiro atoms. The minimum atomic E-state index is 0.742. The number of hydrogen-bond acceptors (Lipinski definition) is 2. The van der Waals surface area contributed by atoms with Gasteiger partial charge >= 0.3 is 0 Å². The summed E-state index contributed by atoms with van der Waals surface area (Å²) in [7, 11) is 0. The van der Waals surface area contributed by atoms with Gasteiger partial charge in [-0.05, 0) is 68.9 Å². The lowest BCUT2D eigenvalue weighted by Gasteiger charge is -2.43. The topological polar surface area (TPSA) is 15.3 Å². The Labute approximate surface area is 133 Å². The lowest BCUT2D eigenvalue weighted by atomic mass is 9.76. The van der Waals surface area contributed by atoms with Crippen LogP contribution in [0, 0.1) is 23.7 Å². The van der Waals surface area contributed by atoms with Crippen LogP contribution in [-0.2, 0) is 0 Å². The van der Waals surface area contributed by atoms with E-state index in [1.54, 1.807) is 0 Å².